The number of anilines is 1. The molecule has 1 aromatic rings. The molecular weight excluding hydrogens is 337 g/mol. The molecule has 0 aliphatic carbocycles. The maximum Gasteiger partial charge on any atom is 0.225 e. The Hall–Kier alpha value is -2.15. The third-order valence-electron chi connectivity index (χ3n) is 5.45. The number of hydrogen-bond acceptors (Lipinski definition) is 4. The lowest BCUT2D eigenvalue weighted by Gasteiger charge is -2.39. The van der Waals surface area contributed by atoms with Crippen molar-refractivity contribution in [1.82, 2.24) is 9.80 Å². The van der Waals surface area contributed by atoms with Gasteiger partial charge in [-0.15, -0.1) is 0 Å². The first-order chi connectivity index (χ1) is 12.5. The van der Waals surface area contributed by atoms with Crippen molar-refractivity contribution in [3.8, 4) is 0 Å². The predicted octanol–water partition coefficient (Wildman–Crippen LogP) is 1.23. The van der Waals surface area contributed by atoms with Gasteiger partial charge in [0.25, 0.3) is 0 Å². The second-order valence-corrected chi connectivity index (χ2v) is 7.00. The van der Waals surface area contributed by atoms with Crippen LogP contribution in [-0.2, 0) is 16.2 Å². The maximum atomic E-state index is 14.4. The van der Waals surface area contributed by atoms with Crippen molar-refractivity contribution in [2.75, 3.05) is 44.2 Å². The normalized spacial score (nSPS) is 19.0. The molecule has 3 rings (SSSR count). The van der Waals surface area contributed by atoms with Crippen LogP contribution in [0.5, 0.6) is 0 Å². The van der Waals surface area contributed by atoms with E-state index in [1.165, 1.54) is 0 Å². The third kappa shape index (κ3) is 3.82. The molecule has 0 unspecified atom stereocenters. The van der Waals surface area contributed by atoms with E-state index in [0.717, 1.165) is 0 Å². The van der Waals surface area contributed by atoms with Crippen molar-refractivity contribution < 1.29 is 19.1 Å². The van der Waals surface area contributed by atoms with Crippen molar-refractivity contribution in [2.24, 2.45) is 5.92 Å². The van der Waals surface area contributed by atoms with Gasteiger partial charge in [0.1, 0.15) is 0 Å². The number of carbonyl (C=O) groups is 2. The molecule has 142 valence electrons. The summed E-state index contributed by atoms with van der Waals surface area (Å²) in [5.41, 5.74) is 0.775. The molecule has 6 nitrogen and oxygen atoms in total. The number of hydrogen-bond donors (Lipinski definition) is 1. The fourth-order valence-corrected chi connectivity index (χ4v) is 3.80. The Morgan fingerprint density at radius 2 is 1.73 bits per heavy atom. The highest BCUT2D eigenvalue weighted by Gasteiger charge is 2.31. The molecule has 7 heteroatoms. The molecule has 1 aromatic carbocycles. The van der Waals surface area contributed by atoms with Crippen molar-refractivity contribution in [1.29, 1.82) is 0 Å². The smallest absolute Gasteiger partial charge is 0.225 e. The summed E-state index contributed by atoms with van der Waals surface area (Å²) in [6.45, 7) is 4.80. The van der Waals surface area contributed by atoms with Gasteiger partial charge in [-0.2, -0.15) is 0 Å². The van der Waals surface area contributed by atoms with Crippen LogP contribution in [0.2, 0.25) is 0 Å². The molecule has 0 bridgehead atoms. The predicted molar refractivity (Wildman–Crippen MR) is 96.1 cm³/mol. The Labute approximate surface area is 153 Å². The van der Waals surface area contributed by atoms with Crippen LogP contribution in [-0.4, -0.2) is 66.0 Å². The number of rotatable bonds is 3. The summed E-state index contributed by atoms with van der Waals surface area (Å²) < 4.78 is 14.4. The molecule has 0 aromatic heterocycles. The van der Waals surface area contributed by atoms with E-state index in [1.54, 1.807) is 30.0 Å². The number of halogens is 1. The molecule has 2 saturated heterocycles. The van der Waals surface area contributed by atoms with Crippen LogP contribution in [0.25, 0.3) is 0 Å². The molecule has 26 heavy (non-hydrogen) atoms. The molecule has 2 amide bonds. The highest BCUT2D eigenvalue weighted by molar-refractivity contribution is 5.80. The quantitative estimate of drug-likeness (QED) is 0.877. The van der Waals surface area contributed by atoms with Crippen LogP contribution in [0, 0.1) is 11.7 Å². The number of amides is 2. The SMILES string of the molecule is CC(=O)N1CCC(C(=O)N2CCN(c3cccc(CO)c3F)CC2)CC1. The summed E-state index contributed by atoms with van der Waals surface area (Å²) in [6.07, 6.45) is 1.43. The minimum atomic E-state index is -0.383. The largest absolute Gasteiger partial charge is 0.392 e. The summed E-state index contributed by atoms with van der Waals surface area (Å²) in [5.74, 6) is -0.188. The van der Waals surface area contributed by atoms with E-state index < -0.39 is 0 Å². The number of aliphatic hydroxyl groups is 1. The van der Waals surface area contributed by atoms with Crippen LogP contribution in [0.3, 0.4) is 0 Å². The van der Waals surface area contributed by atoms with E-state index in [4.69, 9.17) is 0 Å². The first kappa shape index (κ1) is 18.6. The second-order valence-electron chi connectivity index (χ2n) is 7.00. The standard InChI is InChI=1S/C19H26FN3O3/c1-14(25)21-7-5-15(6-8-21)19(26)23-11-9-22(10-12-23)17-4-2-3-16(13-24)18(17)20/h2-4,15,24H,5-13H2,1H3. The van der Waals surface area contributed by atoms with Gasteiger partial charge in [0.15, 0.2) is 5.82 Å². The molecular formula is C19H26FN3O3. The number of aliphatic hydroxyl groups excluding tert-OH is 1. The van der Waals surface area contributed by atoms with Crippen LogP contribution in [0.1, 0.15) is 25.3 Å². The lowest BCUT2D eigenvalue weighted by Crippen LogP contribution is -2.52. The summed E-state index contributed by atoms with van der Waals surface area (Å²) in [7, 11) is 0. The number of piperidine rings is 1. The lowest BCUT2D eigenvalue weighted by atomic mass is 9.95. The molecule has 2 aliphatic heterocycles. The first-order valence-corrected chi connectivity index (χ1v) is 9.18. The fourth-order valence-electron chi connectivity index (χ4n) is 3.80. The lowest BCUT2D eigenvalue weighted by molar-refractivity contribution is -0.140. The number of carbonyl (C=O) groups excluding carboxylic acids is 2. The molecule has 2 fully saturated rings. The van der Waals surface area contributed by atoms with E-state index in [1.807, 2.05) is 9.80 Å². The molecule has 0 saturated carbocycles. The minimum Gasteiger partial charge on any atom is -0.392 e. The fraction of sp³-hybridized carbons (Fsp3) is 0.579. The van der Waals surface area contributed by atoms with Gasteiger partial charge in [-0.25, -0.2) is 4.39 Å². The summed E-state index contributed by atoms with van der Waals surface area (Å²) in [5, 5.41) is 9.22. The van der Waals surface area contributed by atoms with Crippen molar-refractivity contribution in [3.63, 3.8) is 0 Å². The number of likely N-dealkylation sites (tertiary alicyclic amines) is 1. The van der Waals surface area contributed by atoms with E-state index in [0.29, 0.717) is 63.4 Å². The third-order valence-corrected chi connectivity index (χ3v) is 5.45. The zero-order valence-corrected chi connectivity index (χ0v) is 15.2. The average molecular weight is 363 g/mol. The molecule has 0 atom stereocenters. The number of piperazine rings is 1. The molecule has 1 N–H and O–H groups in total. The Bertz CT molecular complexity index is 666. The van der Waals surface area contributed by atoms with Gasteiger partial charge in [-0.3, -0.25) is 9.59 Å². The Morgan fingerprint density at radius 1 is 1.08 bits per heavy atom. The highest BCUT2D eigenvalue weighted by Crippen LogP contribution is 2.25. The average Bonchev–Trinajstić information content (AvgIpc) is 2.68. The van der Waals surface area contributed by atoms with Gasteiger partial charge < -0.3 is 19.8 Å². The van der Waals surface area contributed by atoms with Gasteiger partial charge in [-0.1, -0.05) is 12.1 Å². The van der Waals surface area contributed by atoms with Crippen LogP contribution in [0.4, 0.5) is 10.1 Å². The van der Waals surface area contributed by atoms with Gasteiger partial charge in [-0.05, 0) is 18.9 Å². The van der Waals surface area contributed by atoms with Gasteiger partial charge in [0.05, 0.1) is 12.3 Å². The number of benzene rings is 1. The summed E-state index contributed by atoms with van der Waals surface area (Å²) in [6, 6.07) is 5.03. The van der Waals surface area contributed by atoms with Crippen molar-refractivity contribution in [3.05, 3.63) is 29.6 Å². The summed E-state index contributed by atoms with van der Waals surface area (Å²) >= 11 is 0. The Morgan fingerprint density at radius 3 is 2.31 bits per heavy atom. The van der Waals surface area contributed by atoms with Crippen LogP contribution >= 0.6 is 0 Å². The zero-order valence-electron chi connectivity index (χ0n) is 15.2. The van der Waals surface area contributed by atoms with Gasteiger partial charge in [0.2, 0.25) is 11.8 Å². The Kier molecular flexibility index (Phi) is 5.76. The molecule has 0 spiro atoms. The van der Waals surface area contributed by atoms with E-state index in [-0.39, 0.29) is 30.2 Å². The number of nitrogens with zero attached hydrogens (tertiary/aromatic N) is 3. The van der Waals surface area contributed by atoms with Crippen LogP contribution < -0.4 is 4.90 Å². The van der Waals surface area contributed by atoms with E-state index >= 15 is 0 Å². The topological polar surface area (TPSA) is 64.1 Å². The zero-order chi connectivity index (χ0) is 18.7. The second kappa shape index (κ2) is 8.03. The first-order valence-electron chi connectivity index (χ1n) is 9.18. The summed E-state index contributed by atoms with van der Waals surface area (Å²) in [4.78, 5) is 29.7. The van der Waals surface area contributed by atoms with Crippen LogP contribution in [0.15, 0.2) is 18.2 Å². The van der Waals surface area contributed by atoms with Crippen molar-refractivity contribution >= 4 is 17.5 Å². The monoisotopic (exact) mass is 363 g/mol. The minimum absolute atomic E-state index is 0.0217. The van der Waals surface area contributed by atoms with Gasteiger partial charge >= 0.3 is 0 Å². The van der Waals surface area contributed by atoms with E-state index in [9.17, 15) is 19.1 Å². The highest BCUT2D eigenvalue weighted by atomic mass is 19.1. The molecule has 2 heterocycles. The molecule has 0 radical (unpaired) electrons. The Balaban J connectivity index is 1.56. The van der Waals surface area contributed by atoms with E-state index in [2.05, 4.69) is 0 Å². The maximum absolute atomic E-state index is 14.4. The molecule has 2 aliphatic rings. The van der Waals surface area contributed by atoms with Crippen molar-refractivity contribution in [2.45, 2.75) is 26.4 Å². The van der Waals surface area contributed by atoms with Gasteiger partial charge in [0, 0.05) is 57.7 Å².